The molecule has 2 N–H and O–H groups in total. The molecule has 4 amide bonds. The number of ether oxygens (including phenoxy) is 3. The van der Waals surface area contributed by atoms with Gasteiger partial charge in [-0.1, -0.05) is 0 Å². The van der Waals surface area contributed by atoms with E-state index in [2.05, 4.69) is 0 Å². The summed E-state index contributed by atoms with van der Waals surface area (Å²) < 4.78 is 16.8. The van der Waals surface area contributed by atoms with Gasteiger partial charge in [0.25, 0.3) is 0 Å². The number of hydrogen-bond acceptors (Lipinski definition) is 8. The summed E-state index contributed by atoms with van der Waals surface area (Å²) in [6, 6.07) is -2.52. The Morgan fingerprint density at radius 3 is 1.62 bits per heavy atom. The molecule has 0 unspecified atom stereocenters. The number of carbonyl (C=O) groups is 4. The zero-order chi connectivity index (χ0) is 29.1. The van der Waals surface area contributed by atoms with Crippen molar-refractivity contribution < 1.29 is 33.4 Å². The molecular weight excluding hydrogens is 480 g/mol. The molecule has 0 saturated carbocycles. The zero-order valence-electron chi connectivity index (χ0n) is 24.7. The highest BCUT2D eigenvalue weighted by Gasteiger charge is 2.55. The fraction of sp³-hybridized carbons (Fsp3) is 0.846. The molecule has 1 saturated heterocycles. The molecule has 1 fully saturated rings. The highest BCUT2D eigenvalue weighted by Crippen LogP contribution is 2.33. The van der Waals surface area contributed by atoms with Crippen molar-refractivity contribution in [1.82, 2.24) is 14.7 Å². The van der Waals surface area contributed by atoms with E-state index in [4.69, 9.17) is 19.9 Å². The van der Waals surface area contributed by atoms with Gasteiger partial charge in [0.05, 0.1) is 18.0 Å². The monoisotopic (exact) mass is 528 g/mol. The average Bonchev–Trinajstić information content (AvgIpc) is 3.03. The summed E-state index contributed by atoms with van der Waals surface area (Å²) in [5.41, 5.74) is 3.43. The summed E-state index contributed by atoms with van der Waals surface area (Å²) in [5.74, 6) is -1.72. The van der Waals surface area contributed by atoms with Gasteiger partial charge in [0.15, 0.2) is 0 Å². The van der Waals surface area contributed by atoms with Crippen LogP contribution in [0.5, 0.6) is 0 Å². The van der Waals surface area contributed by atoms with E-state index in [9.17, 15) is 19.2 Å². The van der Waals surface area contributed by atoms with Crippen molar-refractivity contribution in [2.24, 2.45) is 11.7 Å². The number of esters is 1. The van der Waals surface area contributed by atoms with E-state index >= 15 is 0 Å². The van der Waals surface area contributed by atoms with E-state index in [1.807, 2.05) is 20.8 Å². The number of hydrogen-bond donors (Lipinski definition) is 1. The first kappa shape index (κ1) is 32.5. The minimum absolute atomic E-state index is 0.0917. The number of urea groups is 1. The van der Waals surface area contributed by atoms with Gasteiger partial charge >= 0.3 is 24.2 Å². The van der Waals surface area contributed by atoms with Gasteiger partial charge in [-0.15, -0.1) is 0 Å². The number of nitrogens with zero attached hydrogens (tertiary/aromatic N) is 3. The van der Waals surface area contributed by atoms with Crippen LogP contribution in [-0.2, 0) is 19.0 Å². The molecule has 0 aromatic carbocycles. The average molecular weight is 529 g/mol. The summed E-state index contributed by atoms with van der Waals surface area (Å²) in [7, 11) is 0. The van der Waals surface area contributed by atoms with E-state index < -0.39 is 53.0 Å². The topological polar surface area (TPSA) is 132 Å². The van der Waals surface area contributed by atoms with Crippen LogP contribution >= 0.6 is 0 Å². The highest BCUT2D eigenvalue weighted by atomic mass is 16.6. The van der Waals surface area contributed by atoms with Crippen LogP contribution in [-0.4, -0.2) is 93.4 Å². The van der Waals surface area contributed by atoms with Gasteiger partial charge in [-0.2, -0.15) is 0 Å². The van der Waals surface area contributed by atoms with Gasteiger partial charge in [-0.05, 0) is 83.1 Å². The Balaban J connectivity index is 3.72. The smallest absolute Gasteiger partial charge is 0.420 e. The third-order valence-corrected chi connectivity index (χ3v) is 5.49. The van der Waals surface area contributed by atoms with Crippen molar-refractivity contribution in [3.63, 3.8) is 0 Å². The van der Waals surface area contributed by atoms with Crippen LogP contribution < -0.4 is 5.73 Å². The van der Waals surface area contributed by atoms with E-state index in [1.54, 1.807) is 67.2 Å². The molecule has 11 nitrogen and oxygen atoms in total. The lowest BCUT2D eigenvalue weighted by molar-refractivity contribution is -0.160. The van der Waals surface area contributed by atoms with Gasteiger partial charge < -0.3 is 29.7 Å². The van der Waals surface area contributed by atoms with Gasteiger partial charge in [-0.3, -0.25) is 4.79 Å². The Morgan fingerprint density at radius 1 is 0.865 bits per heavy atom. The van der Waals surface area contributed by atoms with Crippen LogP contribution in [0, 0.1) is 5.92 Å². The number of imide groups is 1. The van der Waals surface area contributed by atoms with E-state index in [-0.39, 0.29) is 25.2 Å². The standard InChI is InChI=1S/C26H48N4O7/c1-13-28(16(2)3)21(32)29-15-17(20(31)35-24(4,5)6)19(18(29)14-27)30(22(33)36-25(7,8)9)23(34)37-26(10,11)12/h16-19H,13-15,27H2,1-12H3/t17-,18+,19-/m0/s1. The first-order chi connectivity index (χ1) is 16.6. The summed E-state index contributed by atoms with van der Waals surface area (Å²) in [4.78, 5) is 57.8. The molecule has 37 heavy (non-hydrogen) atoms. The second kappa shape index (κ2) is 11.9. The SMILES string of the molecule is CCN(C(=O)N1C[C@H](C(=O)OC(C)(C)C)[C@H](N(C(=O)OC(C)(C)C)C(=O)OC(C)(C)C)[C@H]1CN)C(C)C. The molecule has 0 aromatic rings. The van der Waals surface area contributed by atoms with Crippen molar-refractivity contribution in [1.29, 1.82) is 0 Å². The molecule has 1 aliphatic rings. The molecule has 0 spiro atoms. The summed E-state index contributed by atoms with van der Waals surface area (Å²) >= 11 is 0. The number of carbonyl (C=O) groups excluding carboxylic acids is 4. The van der Waals surface area contributed by atoms with Crippen LogP contribution in [0.25, 0.3) is 0 Å². The summed E-state index contributed by atoms with van der Waals surface area (Å²) in [6.45, 7) is 21.0. The molecule has 3 atom stereocenters. The Morgan fingerprint density at radius 2 is 1.30 bits per heavy atom. The third kappa shape index (κ3) is 9.05. The highest BCUT2D eigenvalue weighted by molar-refractivity contribution is 5.91. The van der Waals surface area contributed by atoms with Gasteiger partial charge in [0, 0.05) is 25.7 Å². The molecule has 1 rings (SSSR count). The van der Waals surface area contributed by atoms with Crippen LogP contribution in [0.15, 0.2) is 0 Å². The maximum atomic E-state index is 13.6. The van der Waals surface area contributed by atoms with Crippen LogP contribution in [0.1, 0.15) is 83.1 Å². The number of likely N-dealkylation sites (tertiary alicyclic amines) is 1. The van der Waals surface area contributed by atoms with Crippen molar-refractivity contribution in [3.05, 3.63) is 0 Å². The summed E-state index contributed by atoms with van der Waals surface area (Å²) in [6.07, 6.45) is -1.99. The number of amides is 4. The first-order valence-corrected chi connectivity index (χ1v) is 12.9. The lowest BCUT2D eigenvalue weighted by Gasteiger charge is -2.38. The van der Waals surface area contributed by atoms with E-state index in [0.717, 1.165) is 4.90 Å². The fourth-order valence-corrected chi connectivity index (χ4v) is 4.16. The Kier molecular flexibility index (Phi) is 10.4. The van der Waals surface area contributed by atoms with Gasteiger partial charge in [0.1, 0.15) is 16.8 Å². The second-order valence-electron chi connectivity index (χ2n) is 12.6. The van der Waals surface area contributed by atoms with E-state index in [0.29, 0.717) is 6.54 Å². The summed E-state index contributed by atoms with van der Waals surface area (Å²) in [5, 5.41) is 0. The molecule has 1 heterocycles. The third-order valence-electron chi connectivity index (χ3n) is 5.49. The molecule has 1 aliphatic heterocycles. The lowest BCUT2D eigenvalue weighted by atomic mass is 9.96. The molecular formula is C26H48N4O7. The zero-order valence-corrected chi connectivity index (χ0v) is 24.7. The quantitative estimate of drug-likeness (QED) is 0.419. The normalized spacial score (nSPS) is 20.5. The minimum atomic E-state index is -1.17. The van der Waals surface area contributed by atoms with Crippen molar-refractivity contribution in [3.8, 4) is 0 Å². The van der Waals surface area contributed by atoms with Crippen LogP contribution in [0.4, 0.5) is 14.4 Å². The number of rotatable bonds is 5. The van der Waals surface area contributed by atoms with Crippen molar-refractivity contribution in [2.75, 3.05) is 19.6 Å². The maximum absolute atomic E-state index is 13.6. The Hall–Kier alpha value is -2.56. The lowest BCUT2D eigenvalue weighted by Crippen LogP contribution is -2.59. The van der Waals surface area contributed by atoms with Crippen LogP contribution in [0.2, 0.25) is 0 Å². The minimum Gasteiger partial charge on any atom is -0.460 e. The predicted molar refractivity (Wildman–Crippen MR) is 140 cm³/mol. The van der Waals surface area contributed by atoms with Gasteiger partial charge in [0.2, 0.25) is 0 Å². The first-order valence-electron chi connectivity index (χ1n) is 12.9. The van der Waals surface area contributed by atoms with Crippen molar-refractivity contribution in [2.45, 2.75) is 118 Å². The van der Waals surface area contributed by atoms with Crippen molar-refractivity contribution >= 4 is 24.2 Å². The molecule has 0 aliphatic carbocycles. The molecule has 214 valence electrons. The Bertz CT molecular complexity index is 811. The van der Waals surface area contributed by atoms with Crippen LogP contribution in [0.3, 0.4) is 0 Å². The number of nitrogens with two attached hydrogens (primary N) is 1. The Labute approximate surface area is 221 Å². The second-order valence-corrected chi connectivity index (χ2v) is 12.6. The largest absolute Gasteiger partial charge is 0.460 e. The fourth-order valence-electron chi connectivity index (χ4n) is 4.16. The van der Waals surface area contributed by atoms with E-state index in [1.165, 1.54) is 4.90 Å². The van der Waals surface area contributed by atoms with Gasteiger partial charge in [-0.25, -0.2) is 19.3 Å². The molecule has 0 bridgehead atoms. The predicted octanol–water partition coefficient (Wildman–Crippen LogP) is 3.98. The molecule has 0 radical (unpaired) electrons. The maximum Gasteiger partial charge on any atom is 0.420 e. The molecule has 11 heteroatoms. The molecule has 0 aromatic heterocycles.